The minimum Gasteiger partial charge on any atom is -0.480 e. The second-order valence-electron chi connectivity index (χ2n) is 7.24. The van der Waals surface area contributed by atoms with Crippen LogP contribution >= 0.6 is 11.3 Å². The first-order valence-corrected chi connectivity index (χ1v) is 9.75. The van der Waals surface area contributed by atoms with Crippen molar-refractivity contribution in [2.45, 2.75) is 50.7 Å². The molecule has 2 aromatic rings. The third-order valence-electron chi connectivity index (χ3n) is 4.90. The number of amides is 1. The van der Waals surface area contributed by atoms with Crippen LogP contribution in [0.4, 0.5) is 13.2 Å². The molecule has 0 radical (unpaired) electrons. The summed E-state index contributed by atoms with van der Waals surface area (Å²) in [4.78, 5) is 24.7. The summed E-state index contributed by atoms with van der Waals surface area (Å²) in [5.74, 6) is -1.75. The molecule has 3 rings (SSSR count). The van der Waals surface area contributed by atoms with Gasteiger partial charge in [0.25, 0.3) is 5.91 Å². The Morgan fingerprint density at radius 3 is 2.57 bits per heavy atom. The number of nitrogens with one attached hydrogen (secondary N) is 1. The number of thiophene rings is 1. The van der Waals surface area contributed by atoms with Crippen molar-refractivity contribution < 1.29 is 27.9 Å². The molecule has 0 bridgehead atoms. The standard InChI is InChI=1S/C20H20F3NO3S/c1-19(18(26)27,11-12-5-3-2-4-6-12)24-17(25)16-9-13-7-8-14(20(21,22)23)10-15(13)28-16/h5,7-10H,2-4,6,11H2,1H3,(H,24,25)(H,26,27). The second kappa shape index (κ2) is 7.58. The molecule has 0 spiro atoms. The predicted octanol–water partition coefficient (Wildman–Crippen LogP) is 5.38. The number of halogens is 3. The van der Waals surface area contributed by atoms with E-state index in [1.165, 1.54) is 19.1 Å². The zero-order valence-electron chi connectivity index (χ0n) is 15.2. The van der Waals surface area contributed by atoms with E-state index in [1.807, 2.05) is 6.08 Å². The summed E-state index contributed by atoms with van der Waals surface area (Å²) in [6.07, 6.45) is 1.54. The van der Waals surface area contributed by atoms with Gasteiger partial charge in [0.15, 0.2) is 0 Å². The molecule has 1 aromatic heterocycles. The first-order valence-electron chi connectivity index (χ1n) is 8.93. The van der Waals surface area contributed by atoms with Gasteiger partial charge in [-0.15, -0.1) is 11.3 Å². The molecule has 150 valence electrons. The Morgan fingerprint density at radius 2 is 1.96 bits per heavy atom. The van der Waals surface area contributed by atoms with Gasteiger partial charge in [0, 0.05) is 11.1 Å². The Labute approximate surface area is 164 Å². The van der Waals surface area contributed by atoms with Gasteiger partial charge in [-0.3, -0.25) is 4.79 Å². The molecule has 0 saturated heterocycles. The van der Waals surface area contributed by atoms with Gasteiger partial charge in [-0.2, -0.15) is 13.2 Å². The molecule has 1 atom stereocenters. The van der Waals surface area contributed by atoms with E-state index in [9.17, 15) is 27.9 Å². The fraction of sp³-hybridized carbons (Fsp3) is 0.400. The maximum Gasteiger partial charge on any atom is 0.416 e. The lowest BCUT2D eigenvalue weighted by molar-refractivity contribution is -0.143. The molecule has 1 heterocycles. The number of allylic oxidation sites excluding steroid dienone is 1. The van der Waals surface area contributed by atoms with E-state index in [1.54, 1.807) is 0 Å². The van der Waals surface area contributed by atoms with Gasteiger partial charge >= 0.3 is 12.1 Å². The number of fused-ring (bicyclic) bond motifs is 1. The molecule has 1 unspecified atom stereocenters. The van der Waals surface area contributed by atoms with E-state index in [4.69, 9.17) is 0 Å². The molecule has 1 aliphatic carbocycles. The van der Waals surface area contributed by atoms with Crippen LogP contribution < -0.4 is 5.32 Å². The van der Waals surface area contributed by atoms with Crippen molar-refractivity contribution in [2.24, 2.45) is 0 Å². The number of carbonyl (C=O) groups excluding carboxylic acids is 1. The molecule has 4 nitrogen and oxygen atoms in total. The first-order chi connectivity index (χ1) is 13.1. The average Bonchev–Trinajstić information content (AvgIpc) is 3.05. The van der Waals surface area contributed by atoms with Gasteiger partial charge in [-0.1, -0.05) is 17.7 Å². The molecule has 0 saturated carbocycles. The maximum atomic E-state index is 12.9. The van der Waals surface area contributed by atoms with Crippen molar-refractivity contribution in [1.82, 2.24) is 5.32 Å². The van der Waals surface area contributed by atoms with Crippen molar-refractivity contribution in [2.75, 3.05) is 0 Å². The molecule has 1 aromatic carbocycles. The lowest BCUT2D eigenvalue weighted by Gasteiger charge is -2.28. The molecule has 8 heteroatoms. The molecule has 0 aliphatic heterocycles. The number of aliphatic carboxylic acids is 1. The molecule has 0 fully saturated rings. The summed E-state index contributed by atoms with van der Waals surface area (Å²) >= 11 is 0.915. The van der Waals surface area contributed by atoms with Crippen LogP contribution in [-0.4, -0.2) is 22.5 Å². The van der Waals surface area contributed by atoms with Crippen molar-refractivity contribution in [1.29, 1.82) is 0 Å². The summed E-state index contributed by atoms with van der Waals surface area (Å²) in [5.41, 5.74) is -1.26. The van der Waals surface area contributed by atoms with Crippen LogP contribution in [-0.2, 0) is 11.0 Å². The Kier molecular flexibility index (Phi) is 5.52. The van der Waals surface area contributed by atoms with Crippen molar-refractivity contribution in [3.8, 4) is 0 Å². The Morgan fingerprint density at radius 1 is 1.21 bits per heavy atom. The predicted molar refractivity (Wildman–Crippen MR) is 102 cm³/mol. The highest BCUT2D eigenvalue weighted by Crippen LogP contribution is 2.34. The fourth-order valence-electron chi connectivity index (χ4n) is 3.32. The van der Waals surface area contributed by atoms with Crippen molar-refractivity contribution in [3.63, 3.8) is 0 Å². The monoisotopic (exact) mass is 411 g/mol. The number of carboxylic acids is 1. The summed E-state index contributed by atoms with van der Waals surface area (Å²) in [6, 6.07) is 4.76. The molecular weight excluding hydrogens is 391 g/mol. The van der Waals surface area contributed by atoms with Crippen LogP contribution in [0.5, 0.6) is 0 Å². The van der Waals surface area contributed by atoms with Crippen LogP contribution in [0.1, 0.15) is 54.3 Å². The van der Waals surface area contributed by atoms with E-state index in [0.29, 0.717) is 10.1 Å². The zero-order chi connectivity index (χ0) is 20.5. The number of carbonyl (C=O) groups is 2. The summed E-state index contributed by atoms with van der Waals surface area (Å²) < 4.78 is 38.9. The molecule has 1 amide bonds. The maximum absolute atomic E-state index is 12.9. The van der Waals surface area contributed by atoms with Gasteiger partial charge < -0.3 is 10.4 Å². The Hall–Kier alpha value is -2.35. The molecule has 28 heavy (non-hydrogen) atoms. The third kappa shape index (κ3) is 4.38. The van der Waals surface area contributed by atoms with E-state index < -0.39 is 29.2 Å². The largest absolute Gasteiger partial charge is 0.480 e. The second-order valence-corrected chi connectivity index (χ2v) is 8.32. The number of rotatable bonds is 5. The fourth-order valence-corrected chi connectivity index (χ4v) is 4.32. The first kappa shape index (κ1) is 20.4. The Bertz CT molecular complexity index is 948. The SMILES string of the molecule is CC(CC1=CCCCC1)(NC(=O)c1cc2ccc(C(F)(F)F)cc2s1)C(=O)O. The lowest BCUT2D eigenvalue weighted by atomic mass is 9.87. The minimum absolute atomic E-state index is 0.180. The number of hydrogen-bond donors (Lipinski definition) is 2. The number of hydrogen-bond acceptors (Lipinski definition) is 3. The van der Waals surface area contributed by atoms with E-state index in [-0.39, 0.29) is 11.3 Å². The van der Waals surface area contributed by atoms with Gasteiger partial charge in [0.2, 0.25) is 0 Å². The van der Waals surface area contributed by atoms with E-state index in [2.05, 4.69) is 5.32 Å². The number of carboxylic acid groups (broad SMARTS) is 1. The third-order valence-corrected chi connectivity index (χ3v) is 5.99. The summed E-state index contributed by atoms with van der Waals surface area (Å²) in [7, 11) is 0. The van der Waals surface area contributed by atoms with Crippen LogP contribution in [0, 0.1) is 0 Å². The highest BCUT2D eigenvalue weighted by Gasteiger charge is 2.36. The van der Waals surface area contributed by atoms with Crippen molar-refractivity contribution in [3.05, 3.63) is 46.4 Å². The van der Waals surface area contributed by atoms with Gasteiger partial charge in [-0.25, -0.2) is 4.79 Å². The smallest absolute Gasteiger partial charge is 0.416 e. The van der Waals surface area contributed by atoms with Gasteiger partial charge in [-0.05, 0) is 56.2 Å². The quantitative estimate of drug-likeness (QED) is 0.649. The van der Waals surface area contributed by atoms with Gasteiger partial charge in [0.1, 0.15) is 5.54 Å². The Balaban J connectivity index is 1.83. The summed E-state index contributed by atoms with van der Waals surface area (Å²) in [5, 5.41) is 12.7. The highest BCUT2D eigenvalue weighted by atomic mass is 32.1. The van der Waals surface area contributed by atoms with E-state index >= 15 is 0 Å². The van der Waals surface area contributed by atoms with Crippen LogP contribution in [0.15, 0.2) is 35.9 Å². The van der Waals surface area contributed by atoms with E-state index in [0.717, 1.165) is 54.7 Å². The van der Waals surface area contributed by atoms with Crippen LogP contribution in [0.3, 0.4) is 0 Å². The highest BCUT2D eigenvalue weighted by molar-refractivity contribution is 7.20. The van der Waals surface area contributed by atoms with Crippen LogP contribution in [0.25, 0.3) is 10.1 Å². The number of alkyl halides is 3. The minimum atomic E-state index is -4.46. The van der Waals surface area contributed by atoms with Crippen LogP contribution in [0.2, 0.25) is 0 Å². The topological polar surface area (TPSA) is 66.4 Å². The molecular formula is C20H20F3NO3S. The number of benzene rings is 1. The van der Waals surface area contributed by atoms with Gasteiger partial charge in [0.05, 0.1) is 10.4 Å². The average molecular weight is 411 g/mol. The molecule has 2 N–H and O–H groups in total. The zero-order valence-corrected chi connectivity index (χ0v) is 16.0. The normalized spacial score (nSPS) is 17.1. The molecule has 1 aliphatic rings. The lowest BCUT2D eigenvalue weighted by Crippen LogP contribution is -2.52. The summed E-state index contributed by atoms with van der Waals surface area (Å²) in [6.45, 7) is 1.46. The van der Waals surface area contributed by atoms with Crippen molar-refractivity contribution >= 4 is 33.3 Å².